The smallest absolute Gasteiger partial charge is 0.209 e. The summed E-state index contributed by atoms with van der Waals surface area (Å²) in [6, 6.07) is 3.67. The maximum atomic E-state index is 8.87. The minimum atomic E-state index is 0.476. The zero-order valence-electron chi connectivity index (χ0n) is 16.9. The van der Waals surface area contributed by atoms with Crippen LogP contribution in [0.2, 0.25) is 0 Å². The Morgan fingerprint density at radius 1 is 1.21 bits per heavy atom. The van der Waals surface area contributed by atoms with Gasteiger partial charge in [-0.2, -0.15) is 5.26 Å². The van der Waals surface area contributed by atoms with Gasteiger partial charge in [0.05, 0.1) is 0 Å². The maximum absolute atomic E-state index is 8.87. The predicted octanol–water partition coefficient (Wildman–Crippen LogP) is 4.50. The molecular formula is C22H30N6S. The number of rotatable bonds is 11. The predicted molar refractivity (Wildman–Crippen MR) is 123 cm³/mol. The molecule has 0 saturated carbocycles. The van der Waals surface area contributed by atoms with Crippen LogP contribution < -0.4 is 10.6 Å². The highest BCUT2D eigenvalue weighted by molar-refractivity contribution is 7.97. The summed E-state index contributed by atoms with van der Waals surface area (Å²) < 4.78 is 2.43. The molecule has 7 heteroatoms. The molecule has 29 heavy (non-hydrogen) atoms. The van der Waals surface area contributed by atoms with Crippen molar-refractivity contribution in [1.29, 1.82) is 5.26 Å². The second kappa shape index (κ2) is 13.6. The number of aromatic nitrogens is 1. The van der Waals surface area contributed by atoms with Crippen LogP contribution in [-0.4, -0.2) is 40.6 Å². The molecule has 0 saturated heterocycles. The fourth-order valence-electron chi connectivity index (χ4n) is 3.00. The van der Waals surface area contributed by atoms with Gasteiger partial charge in [-0.15, -0.1) is 0 Å². The Bertz CT molecular complexity index is 750. The summed E-state index contributed by atoms with van der Waals surface area (Å²) in [6.45, 7) is 10.6. The number of anilines is 1. The monoisotopic (exact) mass is 410 g/mol. The standard InChI is InChI=1S/C22H30N6S/c1-3-19-11-15-28(17-20(19)4-2)29-16-8-6-5-7-12-25-22(26-18-23)27-21-9-13-24-14-10-21/h3-4,9-10,13-14H,1-2,5-8,11-12,15-17H2,(H2,24,25,26,27). The molecule has 0 unspecified atom stereocenters. The van der Waals surface area contributed by atoms with Gasteiger partial charge < -0.3 is 5.32 Å². The highest BCUT2D eigenvalue weighted by Crippen LogP contribution is 2.25. The van der Waals surface area contributed by atoms with Crippen molar-refractivity contribution < 1.29 is 0 Å². The summed E-state index contributed by atoms with van der Waals surface area (Å²) in [6.07, 6.45) is 14.8. The molecule has 0 aliphatic carbocycles. The van der Waals surface area contributed by atoms with E-state index in [1.807, 2.05) is 42.4 Å². The third-order valence-electron chi connectivity index (χ3n) is 4.60. The molecule has 1 aromatic rings. The van der Waals surface area contributed by atoms with Crippen LogP contribution in [0, 0.1) is 11.5 Å². The SMILES string of the molecule is C=CC1=C(C=C)CN(SCCCCCCN=C(NC#N)Nc2ccncc2)CC1. The second-order valence-electron chi connectivity index (χ2n) is 6.65. The summed E-state index contributed by atoms with van der Waals surface area (Å²) >= 11 is 1.93. The molecule has 1 aliphatic heterocycles. The Morgan fingerprint density at radius 2 is 1.97 bits per heavy atom. The largest absolute Gasteiger partial charge is 0.325 e. The zero-order chi connectivity index (χ0) is 20.7. The third-order valence-corrected chi connectivity index (χ3v) is 5.74. The molecule has 2 rings (SSSR count). The topological polar surface area (TPSA) is 76.3 Å². The first-order valence-corrected chi connectivity index (χ1v) is 10.9. The quantitative estimate of drug-likeness (QED) is 0.140. The van der Waals surface area contributed by atoms with Crippen molar-refractivity contribution in [2.45, 2.75) is 32.1 Å². The van der Waals surface area contributed by atoms with Gasteiger partial charge in [0.2, 0.25) is 5.96 Å². The number of hydrogen-bond acceptors (Lipinski definition) is 5. The first-order chi connectivity index (χ1) is 14.3. The van der Waals surface area contributed by atoms with Crippen LogP contribution in [0.4, 0.5) is 5.69 Å². The van der Waals surface area contributed by atoms with Crippen LogP contribution in [0.1, 0.15) is 32.1 Å². The maximum Gasteiger partial charge on any atom is 0.209 e. The normalized spacial score (nSPS) is 14.9. The molecule has 1 aliphatic rings. The number of nitrogens with zero attached hydrogens (tertiary/aromatic N) is 4. The van der Waals surface area contributed by atoms with E-state index in [9.17, 15) is 0 Å². The highest BCUT2D eigenvalue weighted by Gasteiger charge is 2.15. The minimum absolute atomic E-state index is 0.476. The summed E-state index contributed by atoms with van der Waals surface area (Å²) in [7, 11) is 0. The van der Waals surface area contributed by atoms with Crippen molar-refractivity contribution in [2.75, 3.05) is 30.7 Å². The number of hydrogen-bond donors (Lipinski definition) is 2. The molecule has 0 fully saturated rings. The average Bonchev–Trinajstić information content (AvgIpc) is 2.76. The lowest BCUT2D eigenvalue weighted by Crippen LogP contribution is -2.27. The van der Waals surface area contributed by atoms with E-state index >= 15 is 0 Å². The van der Waals surface area contributed by atoms with E-state index < -0.39 is 0 Å². The van der Waals surface area contributed by atoms with Gasteiger partial charge in [0.25, 0.3) is 0 Å². The molecule has 2 heterocycles. The summed E-state index contributed by atoms with van der Waals surface area (Å²) in [5, 5.41) is 14.6. The van der Waals surface area contributed by atoms with Crippen molar-refractivity contribution in [2.24, 2.45) is 4.99 Å². The number of pyridine rings is 1. The molecule has 0 spiro atoms. The van der Waals surface area contributed by atoms with Gasteiger partial charge in [-0.1, -0.05) is 50.1 Å². The zero-order valence-corrected chi connectivity index (χ0v) is 17.8. The molecule has 0 amide bonds. The summed E-state index contributed by atoms with van der Waals surface area (Å²) in [5.41, 5.74) is 3.49. The number of unbranched alkanes of at least 4 members (excludes halogenated alkanes) is 3. The number of aliphatic imine (C=N–C) groups is 1. The Kier molecular flexibility index (Phi) is 10.6. The van der Waals surface area contributed by atoms with E-state index in [2.05, 4.69) is 38.1 Å². The van der Waals surface area contributed by atoms with Gasteiger partial charge in [-0.3, -0.25) is 15.3 Å². The molecule has 0 aromatic carbocycles. The highest BCUT2D eigenvalue weighted by atomic mass is 32.2. The minimum Gasteiger partial charge on any atom is -0.325 e. The molecule has 154 valence electrons. The Labute approximate surface area is 178 Å². The summed E-state index contributed by atoms with van der Waals surface area (Å²) in [4.78, 5) is 8.42. The molecule has 0 atom stereocenters. The Hall–Kier alpha value is -2.56. The third kappa shape index (κ3) is 8.55. The van der Waals surface area contributed by atoms with Crippen LogP contribution in [0.5, 0.6) is 0 Å². The number of nitrogens with one attached hydrogen (secondary N) is 2. The van der Waals surface area contributed by atoms with Gasteiger partial charge in [-0.25, -0.2) is 4.31 Å². The van der Waals surface area contributed by atoms with Gasteiger partial charge in [0.1, 0.15) is 0 Å². The van der Waals surface area contributed by atoms with E-state index in [0.717, 1.165) is 43.8 Å². The first-order valence-electron chi connectivity index (χ1n) is 9.98. The lowest BCUT2D eigenvalue weighted by Gasteiger charge is -2.27. The molecule has 0 bridgehead atoms. The van der Waals surface area contributed by atoms with Crippen LogP contribution >= 0.6 is 11.9 Å². The van der Waals surface area contributed by atoms with Crippen LogP contribution in [0.25, 0.3) is 0 Å². The first kappa shape index (κ1) is 22.7. The van der Waals surface area contributed by atoms with Crippen LogP contribution in [0.3, 0.4) is 0 Å². The van der Waals surface area contributed by atoms with E-state index in [1.165, 1.54) is 24.0 Å². The van der Waals surface area contributed by atoms with Crippen molar-refractivity contribution in [3.63, 3.8) is 0 Å². The average molecular weight is 411 g/mol. The molecular weight excluding hydrogens is 380 g/mol. The van der Waals surface area contributed by atoms with Crippen molar-refractivity contribution in [3.8, 4) is 6.19 Å². The Morgan fingerprint density at radius 3 is 2.69 bits per heavy atom. The van der Waals surface area contributed by atoms with Gasteiger partial charge in [0.15, 0.2) is 6.19 Å². The summed E-state index contributed by atoms with van der Waals surface area (Å²) in [5.74, 6) is 1.62. The van der Waals surface area contributed by atoms with Crippen LogP contribution in [0.15, 0.2) is 66.0 Å². The molecule has 2 N–H and O–H groups in total. The number of guanidine groups is 1. The van der Waals surface area contributed by atoms with Crippen molar-refractivity contribution in [1.82, 2.24) is 14.6 Å². The van der Waals surface area contributed by atoms with Gasteiger partial charge in [-0.05, 0) is 42.5 Å². The van der Waals surface area contributed by atoms with E-state index in [1.54, 1.807) is 12.4 Å². The number of allylic oxidation sites excluding steroid dienone is 1. The molecule has 6 nitrogen and oxygen atoms in total. The van der Waals surface area contributed by atoms with E-state index in [-0.39, 0.29) is 0 Å². The number of nitriles is 1. The van der Waals surface area contributed by atoms with Crippen LogP contribution in [-0.2, 0) is 0 Å². The fraction of sp³-hybridized carbons (Fsp3) is 0.409. The van der Waals surface area contributed by atoms with Gasteiger partial charge >= 0.3 is 0 Å². The molecule has 0 radical (unpaired) electrons. The fourth-order valence-corrected chi connectivity index (χ4v) is 4.04. The lowest BCUT2D eigenvalue weighted by atomic mass is 10.0. The molecule has 1 aromatic heterocycles. The van der Waals surface area contributed by atoms with Gasteiger partial charge in [0, 0.05) is 43.5 Å². The van der Waals surface area contributed by atoms with E-state index in [4.69, 9.17) is 5.26 Å². The van der Waals surface area contributed by atoms with Crippen molar-refractivity contribution >= 4 is 23.6 Å². The second-order valence-corrected chi connectivity index (χ2v) is 7.83. The van der Waals surface area contributed by atoms with E-state index in [0.29, 0.717) is 12.5 Å². The van der Waals surface area contributed by atoms with Crippen molar-refractivity contribution in [3.05, 3.63) is 61.0 Å². The lowest BCUT2D eigenvalue weighted by molar-refractivity contribution is 0.491. The Balaban J connectivity index is 1.59.